The molecule has 0 radical (unpaired) electrons. The Bertz CT molecular complexity index is 893. The Hall–Kier alpha value is -3.24. The number of nitrogens with one attached hydrogen (secondary N) is 1. The number of hydrogen-bond donors (Lipinski definition) is 2. The number of nitrogens with zero attached hydrogens (tertiary/aromatic N) is 9. The molecule has 0 atom stereocenters. The molecule has 1 saturated heterocycles. The Kier molecular flexibility index (Phi) is 4.57. The van der Waals surface area contributed by atoms with Crippen LogP contribution in [0, 0.1) is 0 Å². The summed E-state index contributed by atoms with van der Waals surface area (Å²) < 4.78 is 3.82. The molecule has 0 saturated carbocycles. The Morgan fingerprint density at radius 1 is 1.22 bits per heavy atom. The summed E-state index contributed by atoms with van der Waals surface area (Å²) in [4.78, 5) is 14.7. The van der Waals surface area contributed by atoms with Crippen molar-refractivity contribution < 1.29 is 0 Å². The van der Waals surface area contributed by atoms with Gasteiger partial charge in [-0.1, -0.05) is 0 Å². The Balaban J connectivity index is 1.44. The quantitative estimate of drug-likeness (QED) is 0.650. The minimum absolute atomic E-state index is 0.282. The maximum absolute atomic E-state index is 5.82. The lowest BCUT2D eigenvalue weighted by Gasteiger charge is -2.32. The minimum Gasteiger partial charge on any atom is -0.373 e. The second-order valence-corrected chi connectivity index (χ2v) is 6.61. The molecule has 0 amide bonds. The van der Waals surface area contributed by atoms with E-state index in [0.717, 1.165) is 49.2 Å². The van der Waals surface area contributed by atoms with Gasteiger partial charge in [0.25, 0.3) is 0 Å². The number of aromatic nitrogens is 8. The third-order valence-electron chi connectivity index (χ3n) is 4.94. The highest BCUT2D eigenvalue weighted by molar-refractivity contribution is 5.52. The van der Waals surface area contributed by atoms with Crippen molar-refractivity contribution in [2.24, 2.45) is 7.05 Å². The number of nitrogens with two attached hydrogens (primary N) is 1. The van der Waals surface area contributed by atoms with E-state index in [-0.39, 0.29) is 5.95 Å². The van der Waals surface area contributed by atoms with Gasteiger partial charge in [0.05, 0.1) is 0 Å². The molecule has 11 nitrogen and oxygen atoms in total. The predicted octanol–water partition coefficient (Wildman–Crippen LogP) is 0.253. The predicted molar refractivity (Wildman–Crippen MR) is 100 cm³/mol. The van der Waals surface area contributed by atoms with Crippen LogP contribution in [0.15, 0.2) is 18.7 Å². The van der Waals surface area contributed by atoms with Crippen LogP contribution in [0.2, 0.25) is 0 Å². The molecule has 142 valence electrons. The smallest absolute Gasteiger partial charge is 0.223 e. The molecule has 1 aliphatic heterocycles. The summed E-state index contributed by atoms with van der Waals surface area (Å²) in [5.41, 5.74) is 5.82. The van der Waals surface area contributed by atoms with E-state index in [1.54, 1.807) is 11.0 Å². The fourth-order valence-corrected chi connectivity index (χ4v) is 3.44. The molecule has 0 bridgehead atoms. The molecule has 1 aliphatic rings. The SMILES string of the molecule is CNc1cc(N2CCC(c3nnc(Cn4cncn4)n3C)CC2)nc(N)n1. The monoisotopic (exact) mass is 369 g/mol. The van der Waals surface area contributed by atoms with Crippen LogP contribution >= 0.6 is 0 Å². The van der Waals surface area contributed by atoms with Crippen LogP contribution in [-0.4, -0.2) is 59.6 Å². The number of nitrogen functional groups attached to an aromatic ring is 1. The summed E-state index contributed by atoms with van der Waals surface area (Å²) in [5.74, 6) is 4.13. The molecular weight excluding hydrogens is 346 g/mol. The average Bonchev–Trinajstić information content (AvgIpc) is 3.32. The van der Waals surface area contributed by atoms with Crippen molar-refractivity contribution in [1.82, 2.24) is 39.5 Å². The van der Waals surface area contributed by atoms with Gasteiger partial charge in [0.15, 0.2) is 5.82 Å². The van der Waals surface area contributed by atoms with Gasteiger partial charge in [0.2, 0.25) is 5.95 Å². The average molecular weight is 369 g/mol. The second kappa shape index (κ2) is 7.17. The highest BCUT2D eigenvalue weighted by atomic mass is 15.4. The topological polar surface area (TPSA) is 128 Å². The molecule has 4 heterocycles. The zero-order valence-corrected chi connectivity index (χ0v) is 15.4. The number of rotatable bonds is 5. The van der Waals surface area contributed by atoms with Crippen molar-refractivity contribution in [1.29, 1.82) is 0 Å². The van der Waals surface area contributed by atoms with Crippen molar-refractivity contribution in [3.05, 3.63) is 30.4 Å². The zero-order chi connectivity index (χ0) is 18.8. The summed E-state index contributed by atoms with van der Waals surface area (Å²) >= 11 is 0. The maximum atomic E-state index is 5.82. The maximum Gasteiger partial charge on any atom is 0.223 e. The molecule has 11 heteroatoms. The first-order valence-corrected chi connectivity index (χ1v) is 8.92. The van der Waals surface area contributed by atoms with Gasteiger partial charge in [0, 0.05) is 39.2 Å². The number of anilines is 3. The van der Waals surface area contributed by atoms with E-state index >= 15 is 0 Å². The van der Waals surface area contributed by atoms with Crippen molar-refractivity contribution in [2.45, 2.75) is 25.3 Å². The zero-order valence-electron chi connectivity index (χ0n) is 15.4. The van der Waals surface area contributed by atoms with E-state index in [4.69, 9.17) is 5.73 Å². The van der Waals surface area contributed by atoms with Gasteiger partial charge in [-0.25, -0.2) is 9.67 Å². The van der Waals surface area contributed by atoms with Crippen LogP contribution in [0.3, 0.4) is 0 Å². The largest absolute Gasteiger partial charge is 0.373 e. The van der Waals surface area contributed by atoms with Gasteiger partial charge >= 0.3 is 0 Å². The van der Waals surface area contributed by atoms with E-state index in [0.29, 0.717) is 12.5 Å². The summed E-state index contributed by atoms with van der Waals surface area (Å²) in [6.07, 6.45) is 5.16. The van der Waals surface area contributed by atoms with Gasteiger partial charge in [-0.05, 0) is 12.8 Å². The first kappa shape index (κ1) is 17.2. The third kappa shape index (κ3) is 3.52. The van der Waals surface area contributed by atoms with Gasteiger partial charge in [-0.15, -0.1) is 10.2 Å². The molecule has 3 aromatic rings. The first-order chi connectivity index (χ1) is 13.1. The lowest BCUT2D eigenvalue weighted by atomic mass is 9.96. The van der Waals surface area contributed by atoms with E-state index in [9.17, 15) is 0 Å². The first-order valence-electron chi connectivity index (χ1n) is 8.92. The van der Waals surface area contributed by atoms with Crippen molar-refractivity contribution in [2.75, 3.05) is 36.1 Å². The molecule has 4 rings (SSSR count). The van der Waals surface area contributed by atoms with Crippen molar-refractivity contribution in [3.8, 4) is 0 Å². The molecule has 1 fully saturated rings. The third-order valence-corrected chi connectivity index (χ3v) is 4.94. The molecule has 0 aromatic carbocycles. The summed E-state index contributed by atoms with van der Waals surface area (Å²) in [6.45, 7) is 2.33. The van der Waals surface area contributed by atoms with Gasteiger partial charge < -0.3 is 20.5 Å². The molecule has 3 aromatic heterocycles. The fourth-order valence-electron chi connectivity index (χ4n) is 3.44. The van der Waals surface area contributed by atoms with E-state index in [1.807, 2.05) is 20.2 Å². The van der Waals surface area contributed by atoms with Gasteiger partial charge in [-0.3, -0.25) is 0 Å². The Morgan fingerprint density at radius 3 is 2.74 bits per heavy atom. The summed E-state index contributed by atoms with van der Waals surface area (Å²) in [5, 5.41) is 15.9. The van der Waals surface area contributed by atoms with Crippen LogP contribution < -0.4 is 16.0 Å². The van der Waals surface area contributed by atoms with E-state index in [2.05, 4.69) is 45.0 Å². The standard InChI is InChI=1S/C16H23N11/c1-18-12-7-13(22-16(17)21-12)26-5-3-11(4-6-26)15-24-23-14(25(15)2)8-27-10-19-9-20-27/h7,9-11H,3-6,8H2,1-2H3,(H3,17,18,21,22). The Morgan fingerprint density at radius 2 is 2.04 bits per heavy atom. The van der Waals surface area contributed by atoms with Gasteiger partial charge in [-0.2, -0.15) is 15.1 Å². The van der Waals surface area contributed by atoms with E-state index < -0.39 is 0 Å². The van der Waals surface area contributed by atoms with E-state index in [1.165, 1.54) is 6.33 Å². The lowest BCUT2D eigenvalue weighted by Crippen LogP contribution is -2.34. The highest BCUT2D eigenvalue weighted by Gasteiger charge is 2.26. The van der Waals surface area contributed by atoms with Crippen LogP contribution in [0.5, 0.6) is 0 Å². The summed E-state index contributed by atoms with van der Waals surface area (Å²) in [6, 6.07) is 1.93. The highest BCUT2D eigenvalue weighted by Crippen LogP contribution is 2.29. The Labute approximate surface area is 156 Å². The van der Waals surface area contributed by atoms with Crippen molar-refractivity contribution >= 4 is 17.6 Å². The molecule has 0 unspecified atom stereocenters. The molecule has 27 heavy (non-hydrogen) atoms. The lowest BCUT2D eigenvalue weighted by molar-refractivity contribution is 0.469. The van der Waals surface area contributed by atoms with Gasteiger partial charge in [0.1, 0.15) is 36.7 Å². The van der Waals surface area contributed by atoms with Crippen LogP contribution in [0.4, 0.5) is 17.6 Å². The molecular formula is C16H23N11. The van der Waals surface area contributed by atoms with Crippen molar-refractivity contribution in [3.63, 3.8) is 0 Å². The normalized spacial score (nSPS) is 15.3. The second-order valence-electron chi connectivity index (χ2n) is 6.61. The van der Waals surface area contributed by atoms with Crippen LogP contribution in [-0.2, 0) is 13.6 Å². The summed E-state index contributed by atoms with van der Waals surface area (Å²) in [7, 11) is 3.83. The van der Waals surface area contributed by atoms with Crippen LogP contribution in [0.1, 0.15) is 30.4 Å². The number of hydrogen-bond acceptors (Lipinski definition) is 9. The minimum atomic E-state index is 0.282. The molecule has 0 aliphatic carbocycles. The fraction of sp³-hybridized carbons (Fsp3) is 0.500. The van der Waals surface area contributed by atoms with Crippen LogP contribution in [0.25, 0.3) is 0 Å². The molecule has 3 N–H and O–H groups in total. The number of piperidine rings is 1. The molecule has 0 spiro atoms.